The van der Waals surface area contributed by atoms with Gasteiger partial charge in [0.2, 0.25) is 0 Å². The van der Waals surface area contributed by atoms with Crippen LogP contribution in [-0.4, -0.2) is 21.0 Å². The summed E-state index contributed by atoms with van der Waals surface area (Å²) in [6.45, 7) is 3.91. The maximum atomic E-state index is 4.14. The molecule has 1 heterocycles. The first-order valence-electron chi connectivity index (χ1n) is 9.67. The van der Waals surface area contributed by atoms with Gasteiger partial charge in [-0.3, -0.25) is 4.90 Å². The van der Waals surface area contributed by atoms with Crippen LogP contribution in [0.3, 0.4) is 0 Å². The minimum absolute atomic E-state index is 0.937. The second-order valence-corrected chi connectivity index (χ2v) is 8.05. The fourth-order valence-corrected chi connectivity index (χ4v) is 4.12. The number of fused-ring (bicyclic) bond motifs is 1. The average molecular weight is 434 g/mol. The van der Waals surface area contributed by atoms with E-state index in [9.17, 15) is 0 Å². The van der Waals surface area contributed by atoms with Crippen LogP contribution in [0.15, 0.2) is 89.9 Å². The maximum Gasteiger partial charge on any atom is 0.0945 e. The van der Waals surface area contributed by atoms with E-state index >= 15 is 0 Å². The number of nitrogens with zero attached hydrogens (tertiary/aromatic N) is 3. The predicted molar refractivity (Wildman–Crippen MR) is 119 cm³/mol. The maximum absolute atomic E-state index is 4.14. The van der Waals surface area contributed by atoms with E-state index < -0.39 is 0 Å². The third-order valence-corrected chi connectivity index (χ3v) is 5.51. The van der Waals surface area contributed by atoms with Gasteiger partial charge < -0.3 is 4.57 Å². The molecular weight excluding hydrogens is 410 g/mol. The van der Waals surface area contributed by atoms with Gasteiger partial charge in [-0.25, -0.2) is 4.98 Å². The SMILES string of the molecule is Brc1cccc(CN(CCCn2ccnc2)Cc2cccc3ccccc23)c1. The first-order valence-corrected chi connectivity index (χ1v) is 10.5. The van der Waals surface area contributed by atoms with E-state index in [2.05, 4.69) is 97.1 Å². The summed E-state index contributed by atoms with van der Waals surface area (Å²) in [5, 5.41) is 2.65. The summed E-state index contributed by atoms with van der Waals surface area (Å²) in [6.07, 6.45) is 6.86. The molecule has 0 saturated heterocycles. The molecule has 0 spiro atoms. The number of halogens is 1. The Morgan fingerprint density at radius 3 is 2.64 bits per heavy atom. The van der Waals surface area contributed by atoms with E-state index in [0.717, 1.165) is 37.1 Å². The lowest BCUT2D eigenvalue weighted by Crippen LogP contribution is -2.25. The van der Waals surface area contributed by atoms with E-state index in [1.54, 1.807) is 0 Å². The molecule has 0 amide bonds. The van der Waals surface area contributed by atoms with Crippen LogP contribution in [0.5, 0.6) is 0 Å². The summed E-state index contributed by atoms with van der Waals surface area (Å²) in [5.74, 6) is 0. The van der Waals surface area contributed by atoms with Crippen molar-refractivity contribution in [3.63, 3.8) is 0 Å². The zero-order valence-corrected chi connectivity index (χ0v) is 17.4. The van der Waals surface area contributed by atoms with Gasteiger partial charge in [0.25, 0.3) is 0 Å². The van der Waals surface area contributed by atoms with Crippen LogP contribution in [0, 0.1) is 0 Å². The quantitative estimate of drug-likeness (QED) is 0.345. The summed E-state index contributed by atoms with van der Waals surface area (Å²) in [5.41, 5.74) is 2.72. The van der Waals surface area contributed by atoms with Gasteiger partial charge in [0.1, 0.15) is 0 Å². The molecule has 0 N–H and O–H groups in total. The lowest BCUT2D eigenvalue weighted by Gasteiger charge is -2.23. The summed E-state index contributed by atoms with van der Waals surface area (Å²) < 4.78 is 3.28. The Hall–Kier alpha value is -2.43. The van der Waals surface area contributed by atoms with Crippen molar-refractivity contribution in [3.8, 4) is 0 Å². The van der Waals surface area contributed by atoms with Gasteiger partial charge in [-0.15, -0.1) is 0 Å². The minimum Gasteiger partial charge on any atom is -0.337 e. The zero-order valence-electron chi connectivity index (χ0n) is 15.8. The number of imidazole rings is 1. The molecule has 0 radical (unpaired) electrons. The molecule has 0 aliphatic rings. The Morgan fingerprint density at radius 1 is 0.929 bits per heavy atom. The molecule has 0 aliphatic heterocycles. The van der Waals surface area contributed by atoms with Crippen molar-refractivity contribution in [3.05, 3.63) is 101 Å². The van der Waals surface area contributed by atoms with Crippen LogP contribution >= 0.6 is 15.9 Å². The third kappa shape index (κ3) is 4.89. The molecule has 0 fully saturated rings. The van der Waals surface area contributed by atoms with Gasteiger partial charge in [0, 0.05) is 43.0 Å². The van der Waals surface area contributed by atoms with Gasteiger partial charge >= 0.3 is 0 Å². The minimum atomic E-state index is 0.937. The van der Waals surface area contributed by atoms with Crippen molar-refractivity contribution < 1.29 is 0 Å². The molecule has 0 saturated carbocycles. The Balaban J connectivity index is 1.52. The van der Waals surface area contributed by atoms with E-state index in [1.165, 1.54) is 21.9 Å². The number of hydrogen-bond acceptors (Lipinski definition) is 2. The number of aryl methyl sites for hydroxylation is 1. The molecular formula is C24H24BrN3. The molecule has 4 heteroatoms. The Labute approximate surface area is 174 Å². The predicted octanol–water partition coefficient (Wildman–Crippen LogP) is 5.89. The van der Waals surface area contributed by atoms with Gasteiger partial charge in [-0.1, -0.05) is 70.5 Å². The summed E-state index contributed by atoms with van der Waals surface area (Å²) >= 11 is 3.60. The molecule has 0 aliphatic carbocycles. The third-order valence-electron chi connectivity index (χ3n) is 5.02. The van der Waals surface area contributed by atoms with Crippen LogP contribution in [0.1, 0.15) is 17.5 Å². The van der Waals surface area contributed by atoms with Crippen molar-refractivity contribution in [2.24, 2.45) is 0 Å². The van der Waals surface area contributed by atoms with E-state index in [1.807, 2.05) is 18.7 Å². The molecule has 1 aromatic heterocycles. The van der Waals surface area contributed by atoms with Crippen LogP contribution in [0.4, 0.5) is 0 Å². The van der Waals surface area contributed by atoms with Crippen LogP contribution < -0.4 is 0 Å². The lowest BCUT2D eigenvalue weighted by molar-refractivity contribution is 0.249. The second kappa shape index (κ2) is 9.18. The first-order chi connectivity index (χ1) is 13.8. The standard InChI is InChI=1S/C24H24BrN3/c25-23-10-3-6-20(16-23)17-28(14-5-13-27-15-12-26-19-27)18-22-9-4-8-21-7-1-2-11-24(21)22/h1-4,6-12,15-16,19H,5,13-14,17-18H2. The first kappa shape index (κ1) is 18.9. The number of aromatic nitrogens is 2. The number of hydrogen-bond donors (Lipinski definition) is 0. The summed E-state index contributed by atoms with van der Waals surface area (Å²) in [6, 6.07) is 23.9. The van der Waals surface area contributed by atoms with Gasteiger partial charge in [-0.05, 0) is 40.5 Å². The topological polar surface area (TPSA) is 21.1 Å². The normalized spacial score (nSPS) is 11.4. The largest absolute Gasteiger partial charge is 0.337 e. The highest BCUT2D eigenvalue weighted by Gasteiger charge is 2.10. The Bertz CT molecular complexity index is 1020. The fourth-order valence-electron chi connectivity index (χ4n) is 3.67. The fraction of sp³-hybridized carbons (Fsp3) is 0.208. The van der Waals surface area contributed by atoms with Crippen LogP contribution in [0.25, 0.3) is 10.8 Å². The van der Waals surface area contributed by atoms with E-state index in [-0.39, 0.29) is 0 Å². The highest BCUT2D eigenvalue weighted by atomic mass is 79.9. The number of rotatable bonds is 8. The molecule has 0 atom stereocenters. The van der Waals surface area contributed by atoms with Crippen molar-refractivity contribution >= 4 is 26.7 Å². The van der Waals surface area contributed by atoms with Gasteiger partial charge in [-0.2, -0.15) is 0 Å². The highest BCUT2D eigenvalue weighted by molar-refractivity contribution is 9.10. The molecule has 3 aromatic carbocycles. The number of benzene rings is 3. The van der Waals surface area contributed by atoms with Crippen molar-refractivity contribution in [1.82, 2.24) is 14.5 Å². The Morgan fingerprint density at radius 2 is 1.79 bits per heavy atom. The molecule has 0 unspecified atom stereocenters. The monoisotopic (exact) mass is 433 g/mol. The second-order valence-electron chi connectivity index (χ2n) is 7.13. The Kier molecular flexibility index (Phi) is 6.20. The highest BCUT2D eigenvalue weighted by Crippen LogP contribution is 2.22. The van der Waals surface area contributed by atoms with Crippen LogP contribution in [-0.2, 0) is 19.6 Å². The van der Waals surface area contributed by atoms with E-state index in [4.69, 9.17) is 0 Å². The molecule has 28 heavy (non-hydrogen) atoms. The average Bonchev–Trinajstić information content (AvgIpc) is 3.22. The van der Waals surface area contributed by atoms with Gasteiger partial charge in [0.05, 0.1) is 6.33 Å². The molecule has 142 valence electrons. The zero-order chi connectivity index (χ0) is 19.2. The lowest BCUT2D eigenvalue weighted by atomic mass is 10.0. The smallest absolute Gasteiger partial charge is 0.0945 e. The van der Waals surface area contributed by atoms with E-state index in [0.29, 0.717) is 0 Å². The molecule has 4 rings (SSSR count). The molecule has 4 aromatic rings. The summed E-state index contributed by atoms with van der Waals surface area (Å²) in [4.78, 5) is 6.69. The summed E-state index contributed by atoms with van der Waals surface area (Å²) in [7, 11) is 0. The molecule has 3 nitrogen and oxygen atoms in total. The van der Waals surface area contributed by atoms with Crippen molar-refractivity contribution in [2.45, 2.75) is 26.1 Å². The van der Waals surface area contributed by atoms with Gasteiger partial charge in [0.15, 0.2) is 0 Å². The van der Waals surface area contributed by atoms with Crippen molar-refractivity contribution in [2.75, 3.05) is 6.54 Å². The van der Waals surface area contributed by atoms with Crippen molar-refractivity contribution in [1.29, 1.82) is 0 Å². The van der Waals surface area contributed by atoms with Crippen LogP contribution in [0.2, 0.25) is 0 Å². The molecule has 0 bridgehead atoms.